The Bertz CT molecular complexity index is 707. The molecule has 1 saturated carbocycles. The molecule has 1 aliphatic rings. The maximum atomic E-state index is 12.4. The molecule has 1 fully saturated rings. The lowest BCUT2D eigenvalue weighted by Crippen LogP contribution is -2.28. The van der Waals surface area contributed by atoms with Crippen LogP contribution in [0.4, 0.5) is 0 Å². The molecule has 0 bridgehead atoms. The lowest BCUT2D eigenvalue weighted by atomic mass is 10.1. The number of tetrazole rings is 1. The Balaban J connectivity index is 1.56. The average molecular weight is 343 g/mol. The lowest BCUT2D eigenvalue weighted by Gasteiger charge is -2.14. The van der Waals surface area contributed by atoms with E-state index in [0.29, 0.717) is 30.0 Å². The fraction of sp³-hybridized carbons (Fsp3) is 0.556. The van der Waals surface area contributed by atoms with Crippen LogP contribution in [0, 0.1) is 5.92 Å². The average Bonchev–Trinajstić information content (AvgIpc) is 3.31. The van der Waals surface area contributed by atoms with Gasteiger partial charge in [0.25, 0.3) is 5.91 Å². The predicted molar refractivity (Wildman–Crippen MR) is 93.4 cm³/mol. The van der Waals surface area contributed by atoms with E-state index in [1.165, 1.54) is 0 Å². The third kappa shape index (κ3) is 4.55. The van der Waals surface area contributed by atoms with E-state index in [2.05, 4.69) is 34.7 Å². The van der Waals surface area contributed by atoms with E-state index in [4.69, 9.17) is 4.74 Å². The van der Waals surface area contributed by atoms with Crippen LogP contribution in [-0.2, 0) is 0 Å². The minimum Gasteiger partial charge on any atom is -0.494 e. The molecule has 0 unspecified atom stereocenters. The molecule has 134 valence electrons. The van der Waals surface area contributed by atoms with Crippen molar-refractivity contribution < 1.29 is 9.53 Å². The summed E-state index contributed by atoms with van der Waals surface area (Å²) < 4.78 is 7.50. The molecule has 7 nitrogen and oxygen atoms in total. The van der Waals surface area contributed by atoms with Gasteiger partial charge in [-0.3, -0.25) is 4.79 Å². The third-order valence-electron chi connectivity index (χ3n) is 4.23. The highest BCUT2D eigenvalue weighted by Gasteiger charge is 2.29. The second-order valence-electron chi connectivity index (χ2n) is 6.96. The molecule has 1 amide bonds. The van der Waals surface area contributed by atoms with Crippen LogP contribution in [0.2, 0.25) is 0 Å². The second kappa shape index (κ2) is 7.63. The first kappa shape index (κ1) is 17.4. The number of aromatic nitrogens is 4. The van der Waals surface area contributed by atoms with E-state index in [0.717, 1.165) is 25.0 Å². The Morgan fingerprint density at radius 1 is 1.28 bits per heavy atom. The van der Waals surface area contributed by atoms with Crippen LogP contribution >= 0.6 is 0 Å². The number of hydrogen-bond acceptors (Lipinski definition) is 5. The SMILES string of the molecule is CC(C)CCOc1ccc(C(=O)N[C@@H](C)c2nnnn2C2CC2)cc1. The maximum Gasteiger partial charge on any atom is 0.251 e. The number of ether oxygens (including phenoxy) is 1. The van der Waals surface area contributed by atoms with Crippen LogP contribution in [0.5, 0.6) is 5.75 Å². The van der Waals surface area contributed by atoms with Gasteiger partial charge in [0.05, 0.1) is 18.7 Å². The number of carbonyl (C=O) groups excluding carboxylic acids is 1. The van der Waals surface area contributed by atoms with Crippen LogP contribution < -0.4 is 10.1 Å². The van der Waals surface area contributed by atoms with Crippen molar-refractivity contribution in [3.8, 4) is 5.75 Å². The Morgan fingerprint density at radius 3 is 2.64 bits per heavy atom. The van der Waals surface area contributed by atoms with Crippen molar-refractivity contribution in [2.45, 2.75) is 52.1 Å². The van der Waals surface area contributed by atoms with Gasteiger partial charge >= 0.3 is 0 Å². The summed E-state index contributed by atoms with van der Waals surface area (Å²) >= 11 is 0. The lowest BCUT2D eigenvalue weighted by molar-refractivity contribution is 0.0937. The maximum absolute atomic E-state index is 12.4. The van der Waals surface area contributed by atoms with Crippen molar-refractivity contribution in [1.29, 1.82) is 0 Å². The Hall–Kier alpha value is -2.44. The first-order valence-electron chi connectivity index (χ1n) is 8.86. The van der Waals surface area contributed by atoms with Gasteiger partial charge in [-0.1, -0.05) is 13.8 Å². The second-order valence-corrected chi connectivity index (χ2v) is 6.96. The molecule has 25 heavy (non-hydrogen) atoms. The molecule has 0 spiro atoms. The Labute approximate surface area is 147 Å². The molecule has 3 rings (SSSR count). The summed E-state index contributed by atoms with van der Waals surface area (Å²) in [6.07, 6.45) is 3.20. The first-order valence-corrected chi connectivity index (χ1v) is 8.86. The van der Waals surface area contributed by atoms with Gasteiger partial charge in [0.2, 0.25) is 0 Å². The van der Waals surface area contributed by atoms with Gasteiger partial charge in [0.15, 0.2) is 5.82 Å². The van der Waals surface area contributed by atoms with Crippen molar-refractivity contribution >= 4 is 5.91 Å². The molecule has 1 aromatic heterocycles. The molecule has 2 aromatic rings. The third-order valence-corrected chi connectivity index (χ3v) is 4.23. The van der Waals surface area contributed by atoms with E-state index < -0.39 is 0 Å². The van der Waals surface area contributed by atoms with Gasteiger partial charge in [0, 0.05) is 5.56 Å². The summed E-state index contributed by atoms with van der Waals surface area (Å²) in [5.74, 6) is 1.94. The van der Waals surface area contributed by atoms with Gasteiger partial charge in [-0.05, 0) is 66.8 Å². The zero-order chi connectivity index (χ0) is 17.8. The Kier molecular flexibility index (Phi) is 5.31. The molecule has 1 atom stereocenters. The number of nitrogens with one attached hydrogen (secondary N) is 1. The van der Waals surface area contributed by atoms with Crippen LogP contribution in [0.1, 0.15) is 68.3 Å². The molecule has 1 aliphatic carbocycles. The molecular formula is C18H25N5O2. The molecule has 0 aliphatic heterocycles. The van der Waals surface area contributed by atoms with E-state index in [9.17, 15) is 4.79 Å². The zero-order valence-electron chi connectivity index (χ0n) is 15.0. The smallest absolute Gasteiger partial charge is 0.251 e. The normalized spacial score (nSPS) is 15.2. The number of nitrogens with zero attached hydrogens (tertiary/aromatic N) is 4. The van der Waals surface area contributed by atoms with Gasteiger partial charge in [-0.15, -0.1) is 5.10 Å². The minimum atomic E-state index is -0.245. The minimum absolute atomic E-state index is 0.147. The predicted octanol–water partition coefficient (Wildman–Crippen LogP) is 2.92. The fourth-order valence-electron chi connectivity index (χ4n) is 2.52. The first-order chi connectivity index (χ1) is 12.0. The fourth-order valence-corrected chi connectivity index (χ4v) is 2.52. The van der Waals surface area contributed by atoms with Gasteiger partial charge < -0.3 is 10.1 Å². The number of hydrogen-bond donors (Lipinski definition) is 1. The number of amides is 1. The van der Waals surface area contributed by atoms with Crippen molar-refractivity contribution in [3.05, 3.63) is 35.7 Å². The highest BCUT2D eigenvalue weighted by Crippen LogP contribution is 2.35. The largest absolute Gasteiger partial charge is 0.494 e. The quantitative estimate of drug-likeness (QED) is 0.797. The van der Waals surface area contributed by atoms with Gasteiger partial charge in [-0.2, -0.15) is 0 Å². The summed E-state index contributed by atoms with van der Waals surface area (Å²) in [6.45, 7) is 6.91. The molecule has 7 heteroatoms. The van der Waals surface area contributed by atoms with Crippen LogP contribution in [0.15, 0.2) is 24.3 Å². The summed E-state index contributed by atoms with van der Waals surface area (Å²) in [7, 11) is 0. The standard InChI is InChI=1S/C18H25N5O2/c1-12(2)10-11-25-16-8-4-14(5-9-16)18(24)19-13(3)17-20-21-22-23(17)15-6-7-15/h4-5,8-9,12-13,15H,6-7,10-11H2,1-3H3,(H,19,24)/t13-/m0/s1. The van der Waals surface area contributed by atoms with E-state index in [1.807, 2.05) is 23.7 Å². The monoisotopic (exact) mass is 343 g/mol. The zero-order valence-corrected chi connectivity index (χ0v) is 15.0. The molecule has 0 saturated heterocycles. The van der Waals surface area contributed by atoms with Crippen molar-refractivity contribution in [3.63, 3.8) is 0 Å². The molecule has 1 N–H and O–H groups in total. The van der Waals surface area contributed by atoms with Gasteiger partial charge in [-0.25, -0.2) is 4.68 Å². The summed E-state index contributed by atoms with van der Waals surface area (Å²) in [5, 5.41) is 14.8. The van der Waals surface area contributed by atoms with Crippen LogP contribution in [0.3, 0.4) is 0 Å². The number of rotatable bonds is 8. The summed E-state index contributed by atoms with van der Waals surface area (Å²) in [6, 6.07) is 7.34. The molecule has 1 aromatic carbocycles. The van der Waals surface area contributed by atoms with Gasteiger partial charge in [0.1, 0.15) is 5.75 Å². The summed E-state index contributed by atoms with van der Waals surface area (Å²) in [4.78, 5) is 12.4. The van der Waals surface area contributed by atoms with Crippen molar-refractivity contribution in [2.24, 2.45) is 5.92 Å². The van der Waals surface area contributed by atoms with Crippen LogP contribution in [-0.4, -0.2) is 32.7 Å². The topological polar surface area (TPSA) is 81.9 Å². The van der Waals surface area contributed by atoms with Crippen molar-refractivity contribution in [1.82, 2.24) is 25.5 Å². The molecular weight excluding hydrogens is 318 g/mol. The van der Waals surface area contributed by atoms with Crippen molar-refractivity contribution in [2.75, 3.05) is 6.61 Å². The van der Waals surface area contributed by atoms with Crippen LogP contribution in [0.25, 0.3) is 0 Å². The number of carbonyl (C=O) groups is 1. The van der Waals surface area contributed by atoms with E-state index >= 15 is 0 Å². The van der Waals surface area contributed by atoms with E-state index in [-0.39, 0.29) is 11.9 Å². The highest BCUT2D eigenvalue weighted by molar-refractivity contribution is 5.94. The van der Waals surface area contributed by atoms with E-state index in [1.54, 1.807) is 12.1 Å². The Morgan fingerprint density at radius 2 is 2.00 bits per heavy atom. The molecule has 0 radical (unpaired) electrons. The molecule has 1 heterocycles. The number of benzene rings is 1. The highest BCUT2D eigenvalue weighted by atomic mass is 16.5. The summed E-state index contributed by atoms with van der Waals surface area (Å²) in [5.41, 5.74) is 0.591.